The van der Waals surface area contributed by atoms with E-state index in [2.05, 4.69) is 12.1 Å². The fourth-order valence-corrected chi connectivity index (χ4v) is 2.98. The summed E-state index contributed by atoms with van der Waals surface area (Å²) < 4.78 is 30.5. The lowest BCUT2D eigenvalue weighted by molar-refractivity contribution is 0.0202. The van der Waals surface area contributed by atoms with Crippen LogP contribution in [0.2, 0.25) is 0 Å². The number of hydrogen-bond donors (Lipinski definition) is 0. The first kappa shape index (κ1) is 13.5. The summed E-state index contributed by atoms with van der Waals surface area (Å²) in [5.41, 5.74) is 2.46. The Morgan fingerprint density at radius 3 is 2.67 bits per heavy atom. The van der Waals surface area contributed by atoms with Gasteiger partial charge in [0.05, 0.1) is 18.5 Å². The van der Waals surface area contributed by atoms with Gasteiger partial charge in [-0.25, -0.2) is 12.7 Å². The summed E-state index contributed by atoms with van der Waals surface area (Å²) in [5.74, 6) is 0.132. The highest BCUT2D eigenvalue weighted by atomic mass is 32.2. The summed E-state index contributed by atoms with van der Waals surface area (Å²) in [5, 5.41) is 0. The Bertz CT molecular complexity index is 513. The van der Waals surface area contributed by atoms with Crippen molar-refractivity contribution in [2.24, 2.45) is 0 Å². The molecular formula is C13H19NO3S. The minimum Gasteiger partial charge on any atom is -0.372 e. The van der Waals surface area contributed by atoms with E-state index in [1.165, 1.54) is 15.4 Å². The van der Waals surface area contributed by atoms with Crippen molar-refractivity contribution in [3.05, 3.63) is 35.4 Å². The monoisotopic (exact) mass is 269 g/mol. The Balaban J connectivity index is 2.02. The highest BCUT2D eigenvalue weighted by molar-refractivity contribution is 7.89. The minimum atomic E-state index is -3.12. The maximum atomic E-state index is 11.7. The molecule has 1 aliphatic heterocycles. The van der Waals surface area contributed by atoms with E-state index in [4.69, 9.17) is 4.74 Å². The molecule has 5 heteroatoms. The van der Waals surface area contributed by atoms with Crippen molar-refractivity contribution in [3.63, 3.8) is 0 Å². The first-order chi connectivity index (χ1) is 8.53. The van der Waals surface area contributed by atoms with Gasteiger partial charge < -0.3 is 4.74 Å². The van der Waals surface area contributed by atoms with Gasteiger partial charge in [0.25, 0.3) is 0 Å². The van der Waals surface area contributed by atoms with Gasteiger partial charge in [-0.3, -0.25) is 0 Å². The zero-order valence-electron chi connectivity index (χ0n) is 10.8. The van der Waals surface area contributed by atoms with Crippen LogP contribution in [0.4, 0.5) is 0 Å². The largest absolute Gasteiger partial charge is 0.372 e. The lowest BCUT2D eigenvalue weighted by Crippen LogP contribution is -2.38. The van der Waals surface area contributed by atoms with E-state index in [9.17, 15) is 8.42 Å². The van der Waals surface area contributed by atoms with Gasteiger partial charge in [0.15, 0.2) is 0 Å². The predicted octanol–water partition coefficient (Wildman–Crippen LogP) is 1.41. The van der Waals surface area contributed by atoms with Gasteiger partial charge in [0, 0.05) is 20.0 Å². The van der Waals surface area contributed by atoms with Crippen molar-refractivity contribution in [1.29, 1.82) is 0 Å². The number of rotatable bonds is 4. The molecule has 0 N–H and O–H groups in total. The SMILES string of the molecule is CCS(=O)(=O)N(C)CC1Cc2ccccc2CO1. The van der Waals surface area contributed by atoms with E-state index < -0.39 is 10.0 Å². The van der Waals surface area contributed by atoms with Gasteiger partial charge in [0.1, 0.15) is 0 Å². The van der Waals surface area contributed by atoms with Gasteiger partial charge in [0.2, 0.25) is 10.0 Å². The molecule has 0 amide bonds. The Labute approximate surface area is 109 Å². The van der Waals surface area contributed by atoms with Crippen molar-refractivity contribution in [2.45, 2.75) is 26.1 Å². The van der Waals surface area contributed by atoms with Gasteiger partial charge in [-0.05, 0) is 18.1 Å². The van der Waals surface area contributed by atoms with Crippen LogP contribution in [0.3, 0.4) is 0 Å². The second-order valence-corrected chi connectivity index (χ2v) is 6.95. The molecule has 2 rings (SSSR count). The molecule has 0 saturated carbocycles. The summed E-state index contributed by atoms with van der Waals surface area (Å²) in [4.78, 5) is 0. The Kier molecular flexibility index (Phi) is 4.04. The van der Waals surface area contributed by atoms with Crippen molar-refractivity contribution in [2.75, 3.05) is 19.3 Å². The van der Waals surface area contributed by atoms with E-state index in [-0.39, 0.29) is 11.9 Å². The Morgan fingerprint density at radius 1 is 1.33 bits per heavy atom. The van der Waals surface area contributed by atoms with Crippen molar-refractivity contribution in [1.82, 2.24) is 4.31 Å². The first-order valence-electron chi connectivity index (χ1n) is 6.15. The third-order valence-electron chi connectivity index (χ3n) is 3.34. The molecule has 1 aliphatic rings. The van der Waals surface area contributed by atoms with E-state index in [0.29, 0.717) is 13.2 Å². The summed E-state index contributed by atoms with van der Waals surface area (Å²) >= 11 is 0. The molecule has 1 atom stereocenters. The molecule has 1 aromatic carbocycles. The second kappa shape index (κ2) is 5.38. The number of fused-ring (bicyclic) bond motifs is 1. The van der Waals surface area contributed by atoms with E-state index >= 15 is 0 Å². The summed E-state index contributed by atoms with van der Waals surface area (Å²) in [6.45, 7) is 2.65. The summed E-state index contributed by atoms with van der Waals surface area (Å²) in [6, 6.07) is 8.14. The van der Waals surface area contributed by atoms with Crippen LogP contribution < -0.4 is 0 Å². The maximum absolute atomic E-state index is 11.7. The van der Waals surface area contributed by atoms with Crippen molar-refractivity contribution < 1.29 is 13.2 Å². The van der Waals surface area contributed by atoms with E-state index in [1.54, 1.807) is 14.0 Å². The normalized spacial score (nSPS) is 19.8. The summed E-state index contributed by atoms with van der Waals surface area (Å²) in [6.07, 6.45) is 0.728. The highest BCUT2D eigenvalue weighted by Crippen LogP contribution is 2.21. The van der Waals surface area contributed by atoms with E-state index in [0.717, 1.165) is 6.42 Å². The maximum Gasteiger partial charge on any atom is 0.213 e. The number of sulfonamides is 1. The fourth-order valence-electron chi connectivity index (χ4n) is 2.15. The number of likely N-dealkylation sites (N-methyl/N-ethyl adjacent to an activating group) is 1. The van der Waals surface area contributed by atoms with Crippen LogP contribution in [0.1, 0.15) is 18.1 Å². The smallest absolute Gasteiger partial charge is 0.213 e. The van der Waals surface area contributed by atoms with Crippen LogP contribution in [-0.4, -0.2) is 38.2 Å². The number of benzene rings is 1. The zero-order valence-corrected chi connectivity index (χ0v) is 11.6. The topological polar surface area (TPSA) is 46.6 Å². The van der Waals surface area contributed by atoms with Crippen molar-refractivity contribution >= 4 is 10.0 Å². The molecule has 0 saturated heterocycles. The Morgan fingerprint density at radius 2 is 2.00 bits per heavy atom. The molecule has 100 valence electrons. The van der Waals surface area contributed by atoms with Gasteiger partial charge in [-0.2, -0.15) is 0 Å². The predicted molar refractivity (Wildman–Crippen MR) is 70.8 cm³/mol. The number of nitrogens with zero attached hydrogens (tertiary/aromatic N) is 1. The standard InChI is InChI=1S/C13H19NO3S/c1-3-18(15,16)14(2)9-13-8-11-6-4-5-7-12(11)10-17-13/h4-7,13H,3,8-10H2,1-2H3. The third kappa shape index (κ3) is 2.91. The quantitative estimate of drug-likeness (QED) is 0.830. The number of ether oxygens (including phenoxy) is 1. The van der Waals surface area contributed by atoms with Gasteiger partial charge in [-0.15, -0.1) is 0 Å². The molecule has 1 heterocycles. The van der Waals surface area contributed by atoms with Crippen LogP contribution >= 0.6 is 0 Å². The van der Waals surface area contributed by atoms with Crippen LogP contribution in [-0.2, 0) is 27.8 Å². The molecular weight excluding hydrogens is 250 g/mol. The second-order valence-electron chi connectivity index (χ2n) is 4.59. The van der Waals surface area contributed by atoms with Crippen LogP contribution in [0.5, 0.6) is 0 Å². The molecule has 18 heavy (non-hydrogen) atoms. The molecule has 1 unspecified atom stereocenters. The average molecular weight is 269 g/mol. The third-order valence-corrected chi connectivity index (χ3v) is 5.17. The fraction of sp³-hybridized carbons (Fsp3) is 0.538. The van der Waals surface area contributed by atoms with Crippen LogP contribution in [0, 0.1) is 0 Å². The van der Waals surface area contributed by atoms with Gasteiger partial charge >= 0.3 is 0 Å². The molecule has 4 nitrogen and oxygen atoms in total. The molecule has 0 aromatic heterocycles. The number of hydrogen-bond acceptors (Lipinski definition) is 3. The average Bonchev–Trinajstić information content (AvgIpc) is 2.38. The Hall–Kier alpha value is -0.910. The van der Waals surface area contributed by atoms with E-state index in [1.807, 2.05) is 12.1 Å². The molecule has 0 radical (unpaired) electrons. The summed E-state index contributed by atoms with van der Waals surface area (Å²) in [7, 11) is -1.51. The zero-order chi connectivity index (χ0) is 13.2. The lowest BCUT2D eigenvalue weighted by Gasteiger charge is -2.28. The molecule has 0 fully saturated rings. The molecule has 0 aliphatic carbocycles. The molecule has 1 aromatic rings. The van der Waals surface area contributed by atoms with Crippen molar-refractivity contribution in [3.8, 4) is 0 Å². The molecule has 0 bridgehead atoms. The lowest BCUT2D eigenvalue weighted by atomic mass is 9.99. The first-order valence-corrected chi connectivity index (χ1v) is 7.76. The highest BCUT2D eigenvalue weighted by Gasteiger charge is 2.24. The van der Waals surface area contributed by atoms with Crippen LogP contribution in [0.15, 0.2) is 24.3 Å². The van der Waals surface area contributed by atoms with Gasteiger partial charge in [-0.1, -0.05) is 24.3 Å². The minimum absolute atomic E-state index is 0.0498. The molecule has 0 spiro atoms. The van der Waals surface area contributed by atoms with Crippen LogP contribution in [0.25, 0.3) is 0 Å².